The quantitative estimate of drug-likeness (QED) is 0.401. The first kappa shape index (κ1) is 23.4. The van der Waals surface area contributed by atoms with E-state index in [4.69, 9.17) is 14.7 Å². The Kier molecular flexibility index (Phi) is 7.19. The molecule has 176 valence electrons. The van der Waals surface area contributed by atoms with E-state index < -0.39 is 30.1 Å². The first-order valence-electron chi connectivity index (χ1n) is 10.6. The summed E-state index contributed by atoms with van der Waals surface area (Å²) in [6.45, 7) is 1.38. The van der Waals surface area contributed by atoms with Crippen molar-refractivity contribution >= 4 is 29.3 Å². The largest absolute Gasteiger partial charge is 0.479 e. The minimum Gasteiger partial charge on any atom is -0.479 e. The van der Waals surface area contributed by atoms with Gasteiger partial charge < -0.3 is 15.2 Å². The number of ether oxygens (including phenoxy) is 1. The van der Waals surface area contributed by atoms with Gasteiger partial charge in [-0.2, -0.15) is 0 Å². The standard InChI is InChI=1S/C24H23N3O6S/c1-14(23(29)30)33-27-22(28)21(10-15-11-25-13-34-15)26-24(31)32-12-20-18-8-4-2-6-16(18)17-7-3-5-9-19(17)20/h2-9,11,13-14,20-21H,10,12H2,1H3,(H,26,31)(H,27,28)(H,29,30). The van der Waals surface area contributed by atoms with E-state index in [2.05, 4.69) is 15.8 Å². The number of carbonyl (C=O) groups excluding carboxylic acids is 2. The molecular weight excluding hydrogens is 458 g/mol. The summed E-state index contributed by atoms with van der Waals surface area (Å²) in [5.41, 5.74) is 8.08. The van der Waals surface area contributed by atoms with Gasteiger partial charge >= 0.3 is 12.1 Å². The number of hydroxylamine groups is 1. The maximum absolute atomic E-state index is 12.7. The number of aliphatic carboxylic acids is 1. The molecule has 10 heteroatoms. The monoisotopic (exact) mass is 481 g/mol. The molecule has 0 saturated carbocycles. The molecule has 2 amide bonds. The van der Waals surface area contributed by atoms with E-state index in [1.54, 1.807) is 11.7 Å². The van der Waals surface area contributed by atoms with Crippen molar-refractivity contribution in [1.82, 2.24) is 15.8 Å². The number of carbonyl (C=O) groups is 3. The summed E-state index contributed by atoms with van der Waals surface area (Å²) in [5, 5.41) is 11.5. The second-order valence-corrected chi connectivity index (χ2v) is 8.73. The van der Waals surface area contributed by atoms with Gasteiger partial charge in [0.15, 0.2) is 6.10 Å². The topological polar surface area (TPSA) is 127 Å². The van der Waals surface area contributed by atoms with Gasteiger partial charge in [0.25, 0.3) is 5.91 Å². The number of hydrogen-bond donors (Lipinski definition) is 3. The average Bonchev–Trinajstić information content (AvgIpc) is 3.46. The Balaban J connectivity index is 1.42. The maximum Gasteiger partial charge on any atom is 0.407 e. The summed E-state index contributed by atoms with van der Waals surface area (Å²) in [7, 11) is 0. The molecule has 34 heavy (non-hydrogen) atoms. The van der Waals surface area contributed by atoms with Crippen LogP contribution in [-0.4, -0.2) is 46.8 Å². The molecule has 0 spiro atoms. The Hall–Kier alpha value is -3.76. The maximum atomic E-state index is 12.7. The van der Waals surface area contributed by atoms with Crippen LogP contribution in [0.1, 0.15) is 28.8 Å². The molecule has 3 N–H and O–H groups in total. The summed E-state index contributed by atoms with van der Waals surface area (Å²) >= 11 is 1.33. The molecule has 1 aliphatic carbocycles. The second-order valence-electron chi connectivity index (χ2n) is 7.76. The lowest BCUT2D eigenvalue weighted by Gasteiger charge is -2.19. The van der Waals surface area contributed by atoms with Crippen LogP contribution in [-0.2, 0) is 25.6 Å². The van der Waals surface area contributed by atoms with Crippen LogP contribution in [0.15, 0.2) is 60.2 Å². The van der Waals surface area contributed by atoms with Crippen molar-refractivity contribution in [3.8, 4) is 11.1 Å². The molecule has 2 atom stereocenters. The molecule has 0 radical (unpaired) electrons. The van der Waals surface area contributed by atoms with Crippen molar-refractivity contribution in [3.63, 3.8) is 0 Å². The first-order chi connectivity index (χ1) is 16.4. The van der Waals surface area contributed by atoms with E-state index >= 15 is 0 Å². The summed E-state index contributed by atoms with van der Waals surface area (Å²) in [5.74, 6) is -2.05. The Morgan fingerprint density at radius 3 is 2.32 bits per heavy atom. The zero-order valence-corrected chi connectivity index (χ0v) is 19.1. The minimum atomic E-state index is -1.25. The van der Waals surface area contributed by atoms with E-state index in [-0.39, 0.29) is 18.9 Å². The van der Waals surface area contributed by atoms with Crippen LogP contribution in [0.3, 0.4) is 0 Å². The van der Waals surface area contributed by atoms with Crippen LogP contribution in [0, 0.1) is 0 Å². The molecule has 1 aromatic heterocycles. The highest BCUT2D eigenvalue weighted by Crippen LogP contribution is 2.44. The number of hydrogen-bond acceptors (Lipinski definition) is 7. The highest BCUT2D eigenvalue weighted by Gasteiger charge is 2.30. The minimum absolute atomic E-state index is 0.0985. The van der Waals surface area contributed by atoms with Crippen LogP contribution in [0.5, 0.6) is 0 Å². The molecule has 2 aromatic carbocycles. The third kappa shape index (κ3) is 5.24. The van der Waals surface area contributed by atoms with Crippen molar-refractivity contribution in [2.24, 2.45) is 0 Å². The number of carboxylic acids is 1. The molecule has 0 saturated heterocycles. The van der Waals surface area contributed by atoms with Gasteiger partial charge in [0.1, 0.15) is 12.6 Å². The van der Waals surface area contributed by atoms with Crippen LogP contribution in [0.25, 0.3) is 11.1 Å². The Morgan fingerprint density at radius 2 is 1.74 bits per heavy atom. The van der Waals surface area contributed by atoms with Crippen molar-refractivity contribution in [3.05, 3.63) is 76.2 Å². The van der Waals surface area contributed by atoms with Gasteiger partial charge in [-0.3, -0.25) is 14.6 Å². The predicted molar refractivity (Wildman–Crippen MR) is 124 cm³/mol. The molecule has 2 unspecified atom stereocenters. The third-order valence-corrected chi connectivity index (χ3v) is 6.33. The lowest BCUT2D eigenvalue weighted by Crippen LogP contribution is -2.49. The normalized spacial score (nSPS) is 13.9. The van der Waals surface area contributed by atoms with Crippen LogP contribution < -0.4 is 10.8 Å². The number of thiazole rings is 1. The van der Waals surface area contributed by atoms with Crippen LogP contribution >= 0.6 is 11.3 Å². The fourth-order valence-electron chi connectivity index (χ4n) is 3.80. The molecule has 3 aromatic rings. The first-order valence-corrected chi connectivity index (χ1v) is 11.5. The lowest BCUT2D eigenvalue weighted by atomic mass is 9.98. The van der Waals surface area contributed by atoms with Gasteiger partial charge in [0.2, 0.25) is 0 Å². The van der Waals surface area contributed by atoms with Crippen molar-refractivity contribution in [1.29, 1.82) is 0 Å². The number of rotatable bonds is 9. The fraction of sp³-hybridized carbons (Fsp3) is 0.250. The Morgan fingerprint density at radius 1 is 1.09 bits per heavy atom. The van der Waals surface area contributed by atoms with E-state index in [1.165, 1.54) is 18.3 Å². The van der Waals surface area contributed by atoms with Gasteiger partial charge in [-0.15, -0.1) is 11.3 Å². The molecule has 0 fully saturated rings. The Labute approximate surface area is 199 Å². The summed E-state index contributed by atoms with van der Waals surface area (Å²) in [6.07, 6.45) is -0.281. The zero-order valence-electron chi connectivity index (χ0n) is 18.3. The van der Waals surface area contributed by atoms with Gasteiger partial charge in [0.05, 0.1) is 5.51 Å². The zero-order chi connectivity index (χ0) is 24.1. The predicted octanol–water partition coefficient (Wildman–Crippen LogP) is 3.11. The lowest BCUT2D eigenvalue weighted by molar-refractivity contribution is -0.159. The molecule has 0 bridgehead atoms. The molecule has 1 aliphatic rings. The summed E-state index contributed by atoms with van der Waals surface area (Å²) in [4.78, 5) is 45.8. The smallest absolute Gasteiger partial charge is 0.407 e. The summed E-state index contributed by atoms with van der Waals surface area (Å²) < 4.78 is 5.53. The second kappa shape index (κ2) is 10.4. The van der Waals surface area contributed by atoms with Gasteiger partial charge in [-0.1, -0.05) is 48.5 Å². The number of alkyl carbamates (subject to hydrolysis) is 1. The highest BCUT2D eigenvalue weighted by atomic mass is 32.1. The van der Waals surface area contributed by atoms with Crippen molar-refractivity contribution < 1.29 is 29.1 Å². The van der Waals surface area contributed by atoms with Crippen molar-refractivity contribution in [2.45, 2.75) is 31.4 Å². The number of benzene rings is 2. The highest BCUT2D eigenvalue weighted by molar-refractivity contribution is 7.09. The van der Waals surface area contributed by atoms with Gasteiger partial charge in [-0.05, 0) is 29.2 Å². The Bertz CT molecular complexity index is 1140. The van der Waals surface area contributed by atoms with Gasteiger partial charge in [0, 0.05) is 23.4 Å². The molecule has 9 nitrogen and oxygen atoms in total. The number of amides is 2. The van der Waals surface area contributed by atoms with Crippen molar-refractivity contribution in [2.75, 3.05) is 6.61 Å². The van der Waals surface area contributed by atoms with E-state index in [0.29, 0.717) is 0 Å². The van der Waals surface area contributed by atoms with Crippen LogP contribution in [0.2, 0.25) is 0 Å². The molecule has 4 rings (SSSR count). The van der Waals surface area contributed by atoms with E-state index in [9.17, 15) is 14.4 Å². The van der Waals surface area contributed by atoms with E-state index in [0.717, 1.165) is 27.1 Å². The number of fused-ring (bicyclic) bond motifs is 3. The summed E-state index contributed by atoms with van der Waals surface area (Å²) in [6, 6.07) is 14.9. The van der Waals surface area contributed by atoms with Gasteiger partial charge in [-0.25, -0.2) is 15.1 Å². The molecular formula is C24H23N3O6S. The van der Waals surface area contributed by atoms with E-state index in [1.807, 2.05) is 48.5 Å². The number of nitrogens with one attached hydrogen (secondary N) is 2. The average molecular weight is 482 g/mol. The third-order valence-electron chi connectivity index (χ3n) is 5.53. The number of carboxylic acid groups (broad SMARTS) is 1. The number of aromatic nitrogens is 1. The molecule has 1 heterocycles. The van der Waals surface area contributed by atoms with Crippen LogP contribution in [0.4, 0.5) is 4.79 Å². The molecule has 0 aliphatic heterocycles. The number of nitrogens with zero attached hydrogens (tertiary/aromatic N) is 1. The fourth-order valence-corrected chi connectivity index (χ4v) is 4.45. The SMILES string of the molecule is CC(ONC(=O)C(Cc1cncs1)NC(=O)OCC1c2ccccc2-c2ccccc21)C(=O)O.